The van der Waals surface area contributed by atoms with Crippen molar-refractivity contribution in [1.82, 2.24) is 0 Å². The summed E-state index contributed by atoms with van der Waals surface area (Å²) in [5, 5.41) is 0. The summed E-state index contributed by atoms with van der Waals surface area (Å²) in [5.41, 5.74) is 1.28. The largest absolute Gasteiger partial charge is 0.365 e. The predicted octanol–water partition coefficient (Wildman–Crippen LogP) is 2.87. The molecule has 1 aromatic carbocycles. The zero-order chi connectivity index (χ0) is 10.7. The van der Waals surface area contributed by atoms with E-state index in [1.54, 1.807) is 0 Å². The molecule has 1 aliphatic rings. The van der Waals surface area contributed by atoms with Crippen LogP contribution in [0, 0.1) is 0 Å². The molecule has 0 fully saturated rings. The van der Waals surface area contributed by atoms with Crippen LogP contribution in [-0.2, 0) is 0 Å². The number of rotatable bonds is 2. The van der Waals surface area contributed by atoms with Gasteiger partial charge in [-0.05, 0) is 25.1 Å². The molecule has 1 aromatic rings. The van der Waals surface area contributed by atoms with Crippen LogP contribution in [0.15, 0.2) is 47.6 Å². The molecule has 78 valence electrons. The van der Waals surface area contributed by atoms with Gasteiger partial charge >= 0.3 is 0 Å². The Labute approximate surface area is 90.9 Å². The van der Waals surface area contributed by atoms with Gasteiger partial charge in [-0.25, -0.2) is 0 Å². The standard InChI is InChI=1S/C13H16N2/c1-13(8-10-14-11-9-13)15(2)12-6-4-3-5-7-12/h3-8,10-11H,9H2,1-2H3. The molecular formula is C13H16N2. The fourth-order valence-electron chi connectivity index (χ4n) is 1.77. The number of para-hydroxylation sites is 1. The van der Waals surface area contributed by atoms with Gasteiger partial charge in [0.15, 0.2) is 0 Å². The van der Waals surface area contributed by atoms with Gasteiger partial charge in [0.2, 0.25) is 0 Å². The van der Waals surface area contributed by atoms with Gasteiger partial charge in [0.1, 0.15) is 0 Å². The molecule has 2 rings (SSSR count). The topological polar surface area (TPSA) is 15.6 Å². The predicted molar refractivity (Wildman–Crippen MR) is 65.5 cm³/mol. The minimum absolute atomic E-state index is 0.0447. The Morgan fingerprint density at radius 3 is 2.60 bits per heavy atom. The highest BCUT2D eigenvalue weighted by Crippen LogP contribution is 2.27. The molecule has 0 N–H and O–H groups in total. The van der Waals surface area contributed by atoms with Crippen molar-refractivity contribution < 1.29 is 0 Å². The maximum Gasteiger partial charge on any atom is 0.0620 e. The lowest BCUT2D eigenvalue weighted by atomic mass is 9.94. The van der Waals surface area contributed by atoms with E-state index in [2.05, 4.69) is 54.2 Å². The second kappa shape index (κ2) is 3.89. The second-order valence-corrected chi connectivity index (χ2v) is 4.10. The van der Waals surface area contributed by atoms with Crippen molar-refractivity contribution in [1.29, 1.82) is 0 Å². The monoisotopic (exact) mass is 200 g/mol. The molecule has 2 heteroatoms. The summed E-state index contributed by atoms with van der Waals surface area (Å²) in [5.74, 6) is 0. The molecule has 1 aliphatic heterocycles. The fourth-order valence-corrected chi connectivity index (χ4v) is 1.77. The normalized spacial score (nSPS) is 24.1. The third-order valence-corrected chi connectivity index (χ3v) is 3.04. The molecule has 0 aliphatic carbocycles. The van der Waals surface area contributed by atoms with Crippen LogP contribution < -0.4 is 4.90 Å². The minimum Gasteiger partial charge on any atom is -0.365 e. The van der Waals surface area contributed by atoms with E-state index in [0.29, 0.717) is 0 Å². The lowest BCUT2D eigenvalue weighted by Gasteiger charge is -2.38. The molecule has 1 unspecified atom stereocenters. The molecular weight excluding hydrogens is 184 g/mol. The van der Waals surface area contributed by atoms with E-state index >= 15 is 0 Å². The number of hydrogen-bond donors (Lipinski definition) is 0. The van der Waals surface area contributed by atoms with Crippen molar-refractivity contribution in [3.8, 4) is 0 Å². The van der Waals surface area contributed by atoms with Gasteiger partial charge in [-0.1, -0.05) is 18.2 Å². The highest BCUT2D eigenvalue weighted by Gasteiger charge is 2.26. The minimum atomic E-state index is 0.0447. The summed E-state index contributed by atoms with van der Waals surface area (Å²) >= 11 is 0. The van der Waals surface area contributed by atoms with Crippen molar-refractivity contribution >= 4 is 11.9 Å². The van der Waals surface area contributed by atoms with Crippen molar-refractivity contribution in [2.75, 3.05) is 11.9 Å². The van der Waals surface area contributed by atoms with Gasteiger partial charge < -0.3 is 4.90 Å². The maximum absolute atomic E-state index is 4.12. The molecule has 0 saturated heterocycles. The van der Waals surface area contributed by atoms with E-state index in [9.17, 15) is 0 Å². The van der Waals surface area contributed by atoms with Gasteiger partial charge in [-0.2, -0.15) is 0 Å². The van der Waals surface area contributed by atoms with Crippen LogP contribution in [-0.4, -0.2) is 18.8 Å². The second-order valence-electron chi connectivity index (χ2n) is 4.10. The van der Waals surface area contributed by atoms with E-state index in [0.717, 1.165) is 6.42 Å². The lowest BCUT2D eigenvalue weighted by Crippen LogP contribution is -2.43. The Morgan fingerprint density at radius 2 is 2.00 bits per heavy atom. The van der Waals surface area contributed by atoms with Crippen LogP contribution in [0.4, 0.5) is 5.69 Å². The summed E-state index contributed by atoms with van der Waals surface area (Å²) in [6.45, 7) is 2.22. The molecule has 0 bridgehead atoms. The molecule has 1 heterocycles. The zero-order valence-corrected chi connectivity index (χ0v) is 9.22. The summed E-state index contributed by atoms with van der Waals surface area (Å²) in [6, 6.07) is 10.4. The summed E-state index contributed by atoms with van der Waals surface area (Å²) in [6.07, 6.45) is 6.96. The molecule has 0 spiro atoms. The first-order valence-electron chi connectivity index (χ1n) is 5.21. The Hall–Kier alpha value is -1.57. The zero-order valence-electron chi connectivity index (χ0n) is 9.22. The van der Waals surface area contributed by atoms with Gasteiger partial charge in [0, 0.05) is 31.6 Å². The van der Waals surface area contributed by atoms with Crippen molar-refractivity contribution in [2.45, 2.75) is 18.9 Å². The van der Waals surface area contributed by atoms with Crippen molar-refractivity contribution in [3.05, 3.63) is 42.6 Å². The number of nitrogens with zero attached hydrogens (tertiary/aromatic N) is 2. The molecule has 2 nitrogen and oxygen atoms in total. The molecule has 0 aromatic heterocycles. The number of anilines is 1. The van der Waals surface area contributed by atoms with E-state index < -0.39 is 0 Å². The lowest BCUT2D eigenvalue weighted by molar-refractivity contribution is 0.566. The number of aliphatic imine (C=N–C) groups is 1. The van der Waals surface area contributed by atoms with E-state index in [1.165, 1.54) is 5.69 Å². The van der Waals surface area contributed by atoms with Gasteiger partial charge in [-0.15, -0.1) is 0 Å². The number of hydrogen-bond acceptors (Lipinski definition) is 2. The van der Waals surface area contributed by atoms with E-state index in [1.807, 2.05) is 18.5 Å². The van der Waals surface area contributed by atoms with Crippen LogP contribution in [0.3, 0.4) is 0 Å². The highest BCUT2D eigenvalue weighted by atomic mass is 15.2. The average molecular weight is 200 g/mol. The highest BCUT2D eigenvalue weighted by molar-refractivity contribution is 5.65. The fraction of sp³-hybridized carbons (Fsp3) is 0.308. The quantitative estimate of drug-likeness (QED) is 0.716. The Bertz CT molecular complexity index is 381. The third kappa shape index (κ3) is 1.94. The first kappa shape index (κ1) is 9.97. The van der Waals surface area contributed by atoms with Crippen molar-refractivity contribution in [2.24, 2.45) is 4.99 Å². The van der Waals surface area contributed by atoms with Crippen LogP contribution >= 0.6 is 0 Å². The maximum atomic E-state index is 4.12. The summed E-state index contributed by atoms with van der Waals surface area (Å²) in [4.78, 5) is 6.40. The smallest absolute Gasteiger partial charge is 0.0620 e. The Morgan fingerprint density at radius 1 is 1.27 bits per heavy atom. The van der Waals surface area contributed by atoms with Gasteiger partial charge in [0.25, 0.3) is 0 Å². The third-order valence-electron chi connectivity index (χ3n) is 3.04. The molecule has 0 amide bonds. The first-order valence-corrected chi connectivity index (χ1v) is 5.21. The average Bonchev–Trinajstić information content (AvgIpc) is 2.30. The molecule has 15 heavy (non-hydrogen) atoms. The Kier molecular flexibility index (Phi) is 2.58. The number of likely N-dealkylation sites (N-methyl/N-ethyl adjacent to an activating group) is 1. The molecule has 0 saturated carbocycles. The molecule has 1 atom stereocenters. The van der Waals surface area contributed by atoms with E-state index in [-0.39, 0.29) is 5.54 Å². The van der Waals surface area contributed by atoms with Crippen molar-refractivity contribution in [3.63, 3.8) is 0 Å². The van der Waals surface area contributed by atoms with Crippen LogP contribution in [0.2, 0.25) is 0 Å². The summed E-state index contributed by atoms with van der Waals surface area (Å²) < 4.78 is 0. The van der Waals surface area contributed by atoms with Crippen LogP contribution in [0.5, 0.6) is 0 Å². The van der Waals surface area contributed by atoms with Crippen LogP contribution in [0.25, 0.3) is 0 Å². The Balaban J connectivity index is 2.24. The first-order chi connectivity index (χ1) is 7.22. The molecule has 0 radical (unpaired) electrons. The number of benzene rings is 1. The van der Waals surface area contributed by atoms with Gasteiger partial charge in [0.05, 0.1) is 5.54 Å². The van der Waals surface area contributed by atoms with Crippen LogP contribution in [0.1, 0.15) is 13.3 Å². The SMILES string of the molecule is CN(c1ccccc1)C1(C)C=CN=CC1. The summed E-state index contributed by atoms with van der Waals surface area (Å²) in [7, 11) is 2.12. The van der Waals surface area contributed by atoms with Gasteiger partial charge in [-0.3, -0.25) is 4.99 Å². The van der Waals surface area contributed by atoms with E-state index in [4.69, 9.17) is 0 Å².